The summed E-state index contributed by atoms with van der Waals surface area (Å²) < 4.78 is 11.0. The zero-order chi connectivity index (χ0) is 19.8. The second kappa shape index (κ2) is 10.7. The number of anilines is 1. The Morgan fingerprint density at radius 1 is 1.07 bits per heavy atom. The lowest BCUT2D eigenvalue weighted by Crippen LogP contribution is -2.12. The van der Waals surface area contributed by atoms with Gasteiger partial charge in [0, 0.05) is 5.56 Å². The number of nitrogens with one attached hydrogen (secondary N) is 1. The van der Waals surface area contributed by atoms with E-state index < -0.39 is 0 Å². The molecule has 3 N–H and O–H groups in total. The molecule has 3 aromatic rings. The third-order valence-electron chi connectivity index (χ3n) is 4.06. The molecule has 0 aliphatic heterocycles. The second-order valence-electron chi connectivity index (χ2n) is 5.99. The van der Waals surface area contributed by atoms with Crippen molar-refractivity contribution in [2.75, 3.05) is 12.4 Å². The number of halogens is 1. The van der Waals surface area contributed by atoms with Gasteiger partial charge < -0.3 is 20.6 Å². The lowest BCUT2D eigenvalue weighted by molar-refractivity contribution is 0.102. The van der Waals surface area contributed by atoms with Gasteiger partial charge in [-0.3, -0.25) is 4.79 Å². The van der Waals surface area contributed by atoms with E-state index in [1.54, 1.807) is 43.7 Å². The summed E-state index contributed by atoms with van der Waals surface area (Å²) in [5.41, 5.74) is 2.99. The molecule has 0 heterocycles. The number of carbonyl (C=O) groups excluding carboxylic acids is 1. The molecule has 6 nitrogen and oxygen atoms in total. The highest BCUT2D eigenvalue weighted by Crippen LogP contribution is 2.25. The number of rotatable bonds is 7. The van der Waals surface area contributed by atoms with Gasteiger partial charge in [-0.2, -0.15) is 5.10 Å². The van der Waals surface area contributed by atoms with E-state index in [4.69, 9.17) is 15.3 Å². The number of hydrogen-bond acceptors (Lipinski definition) is 5. The number of nitrogens with two attached hydrogens (primary N) is 1. The minimum absolute atomic E-state index is 0. The van der Waals surface area contributed by atoms with Crippen LogP contribution in [0.25, 0.3) is 0 Å². The number of ether oxygens (including phenoxy) is 2. The Morgan fingerprint density at radius 3 is 2.55 bits per heavy atom. The van der Waals surface area contributed by atoms with E-state index in [0.717, 1.165) is 11.1 Å². The first-order valence-corrected chi connectivity index (χ1v) is 8.69. The molecule has 0 aliphatic rings. The van der Waals surface area contributed by atoms with Crippen molar-refractivity contribution in [1.29, 1.82) is 0 Å². The van der Waals surface area contributed by atoms with Crippen LogP contribution in [0.15, 0.2) is 77.9 Å². The Hall–Kier alpha value is -3.51. The Kier molecular flexibility index (Phi) is 8.06. The first kappa shape index (κ1) is 21.8. The molecule has 0 aliphatic carbocycles. The summed E-state index contributed by atoms with van der Waals surface area (Å²) in [7, 11) is 1.58. The number of benzene rings is 3. The summed E-state index contributed by atoms with van der Waals surface area (Å²) in [4.78, 5) is 12.5. The molecule has 0 unspecified atom stereocenters. The minimum atomic E-state index is -0.222. The molecule has 0 radical (unpaired) electrons. The van der Waals surface area contributed by atoms with Crippen molar-refractivity contribution in [2.24, 2.45) is 10.9 Å². The summed E-state index contributed by atoms with van der Waals surface area (Å²) in [6.07, 6.45) is 1.58. The Balaban J connectivity index is 0.00000300. The fourth-order valence-electron chi connectivity index (χ4n) is 2.64. The van der Waals surface area contributed by atoms with Gasteiger partial charge in [-0.1, -0.05) is 30.3 Å². The van der Waals surface area contributed by atoms with Crippen molar-refractivity contribution in [2.45, 2.75) is 6.61 Å². The van der Waals surface area contributed by atoms with E-state index in [-0.39, 0.29) is 18.3 Å². The summed E-state index contributed by atoms with van der Waals surface area (Å²) in [6, 6.07) is 21.9. The molecule has 3 aromatic carbocycles. The Labute approximate surface area is 175 Å². The number of methoxy groups -OCH3 is 1. The van der Waals surface area contributed by atoms with Gasteiger partial charge in [0.2, 0.25) is 0 Å². The third kappa shape index (κ3) is 5.99. The van der Waals surface area contributed by atoms with Gasteiger partial charge in [-0.15, -0.1) is 12.4 Å². The van der Waals surface area contributed by atoms with E-state index in [0.29, 0.717) is 29.4 Å². The molecule has 0 spiro atoms. The number of hydrazone groups is 1. The normalized spacial score (nSPS) is 10.2. The molecular weight excluding hydrogens is 390 g/mol. The van der Waals surface area contributed by atoms with Gasteiger partial charge >= 0.3 is 0 Å². The van der Waals surface area contributed by atoms with Crippen molar-refractivity contribution in [3.63, 3.8) is 0 Å². The molecular formula is C22H22ClN3O3. The molecule has 7 heteroatoms. The van der Waals surface area contributed by atoms with Crippen molar-refractivity contribution in [3.05, 3.63) is 89.5 Å². The highest BCUT2D eigenvalue weighted by atomic mass is 35.5. The maximum atomic E-state index is 12.5. The van der Waals surface area contributed by atoms with Crippen molar-refractivity contribution in [3.8, 4) is 11.5 Å². The lowest BCUT2D eigenvalue weighted by atomic mass is 10.1. The van der Waals surface area contributed by atoms with Crippen LogP contribution in [0.2, 0.25) is 0 Å². The standard InChI is InChI=1S/C22H21N3O3.ClH/c1-27-19-11-9-18(10-12-19)22(26)25-20-7-2-3-8-21(20)28-15-17-6-4-5-16(13-17)14-24-23;/h2-14H,15,23H2,1H3,(H,25,26);1H. The largest absolute Gasteiger partial charge is 0.497 e. The van der Waals surface area contributed by atoms with E-state index >= 15 is 0 Å². The number of carbonyl (C=O) groups is 1. The fraction of sp³-hybridized carbons (Fsp3) is 0.0909. The average Bonchev–Trinajstić information content (AvgIpc) is 2.74. The zero-order valence-electron chi connectivity index (χ0n) is 15.9. The number of hydrogen-bond donors (Lipinski definition) is 2. The SMILES string of the molecule is COc1ccc(C(=O)Nc2ccccc2OCc2cccc(C=NN)c2)cc1.Cl. The van der Waals surface area contributed by atoms with Gasteiger partial charge in [-0.25, -0.2) is 0 Å². The van der Waals surface area contributed by atoms with E-state index in [9.17, 15) is 4.79 Å². The van der Waals surface area contributed by atoms with Gasteiger partial charge in [0.25, 0.3) is 5.91 Å². The summed E-state index contributed by atoms with van der Waals surface area (Å²) >= 11 is 0. The highest BCUT2D eigenvalue weighted by Gasteiger charge is 2.10. The van der Waals surface area contributed by atoms with Crippen LogP contribution in [0, 0.1) is 0 Å². The van der Waals surface area contributed by atoms with E-state index in [1.807, 2.05) is 42.5 Å². The topological polar surface area (TPSA) is 85.9 Å². The Morgan fingerprint density at radius 2 is 1.83 bits per heavy atom. The molecule has 150 valence electrons. The van der Waals surface area contributed by atoms with E-state index in [1.165, 1.54) is 0 Å². The zero-order valence-corrected chi connectivity index (χ0v) is 16.7. The van der Waals surface area contributed by atoms with Crippen LogP contribution in [0.1, 0.15) is 21.5 Å². The molecule has 0 fully saturated rings. The lowest BCUT2D eigenvalue weighted by Gasteiger charge is -2.13. The minimum Gasteiger partial charge on any atom is -0.497 e. The van der Waals surface area contributed by atoms with Gasteiger partial charge in [0.1, 0.15) is 18.1 Å². The predicted molar refractivity (Wildman–Crippen MR) is 117 cm³/mol. The van der Waals surface area contributed by atoms with Crippen LogP contribution < -0.4 is 20.6 Å². The highest BCUT2D eigenvalue weighted by molar-refractivity contribution is 6.05. The van der Waals surface area contributed by atoms with Crippen LogP contribution in [0.5, 0.6) is 11.5 Å². The molecule has 0 aromatic heterocycles. The van der Waals surface area contributed by atoms with Gasteiger partial charge in [-0.05, 0) is 53.6 Å². The maximum absolute atomic E-state index is 12.5. The number of nitrogens with zero attached hydrogens (tertiary/aromatic N) is 1. The molecule has 1 amide bonds. The van der Waals surface area contributed by atoms with Crippen molar-refractivity contribution < 1.29 is 14.3 Å². The monoisotopic (exact) mass is 411 g/mol. The van der Waals surface area contributed by atoms with Crippen molar-refractivity contribution in [1.82, 2.24) is 0 Å². The molecule has 0 saturated carbocycles. The molecule has 3 rings (SSSR count). The number of para-hydroxylation sites is 2. The molecule has 0 saturated heterocycles. The van der Waals surface area contributed by atoms with Crippen LogP contribution >= 0.6 is 12.4 Å². The molecule has 29 heavy (non-hydrogen) atoms. The van der Waals surface area contributed by atoms with Crippen LogP contribution in [0.3, 0.4) is 0 Å². The third-order valence-corrected chi connectivity index (χ3v) is 4.06. The average molecular weight is 412 g/mol. The first-order chi connectivity index (χ1) is 13.7. The molecule has 0 atom stereocenters. The quantitative estimate of drug-likeness (QED) is 0.346. The first-order valence-electron chi connectivity index (χ1n) is 8.69. The fourth-order valence-corrected chi connectivity index (χ4v) is 2.64. The summed E-state index contributed by atoms with van der Waals surface area (Å²) in [6.45, 7) is 0.349. The van der Waals surface area contributed by atoms with Crippen LogP contribution in [-0.4, -0.2) is 19.2 Å². The van der Waals surface area contributed by atoms with Gasteiger partial charge in [0.05, 0.1) is 19.0 Å². The molecule has 0 bridgehead atoms. The number of amides is 1. The van der Waals surface area contributed by atoms with Gasteiger partial charge in [0.15, 0.2) is 0 Å². The summed E-state index contributed by atoms with van der Waals surface area (Å²) in [5.74, 6) is 6.26. The summed E-state index contributed by atoms with van der Waals surface area (Å²) in [5, 5.41) is 6.42. The predicted octanol–water partition coefficient (Wildman–Crippen LogP) is 4.24. The Bertz CT molecular complexity index is 975. The smallest absolute Gasteiger partial charge is 0.255 e. The van der Waals surface area contributed by atoms with Crippen LogP contribution in [-0.2, 0) is 6.61 Å². The second-order valence-corrected chi connectivity index (χ2v) is 5.99. The van der Waals surface area contributed by atoms with Crippen molar-refractivity contribution >= 4 is 30.2 Å². The van der Waals surface area contributed by atoms with Crippen LogP contribution in [0.4, 0.5) is 5.69 Å². The maximum Gasteiger partial charge on any atom is 0.255 e. The van der Waals surface area contributed by atoms with E-state index in [2.05, 4.69) is 10.4 Å².